The lowest BCUT2D eigenvalue weighted by Gasteiger charge is -2.33. The second-order valence-corrected chi connectivity index (χ2v) is 6.07. The molecule has 2 aliphatic rings. The molecule has 0 amide bonds. The van der Waals surface area contributed by atoms with E-state index in [1.165, 1.54) is 32.1 Å². The molecule has 0 spiro atoms. The summed E-state index contributed by atoms with van der Waals surface area (Å²) in [4.78, 5) is 11.4. The fraction of sp³-hybridized carbons (Fsp3) is 0.900. The summed E-state index contributed by atoms with van der Waals surface area (Å²) >= 11 is 3.76. The van der Waals surface area contributed by atoms with Crippen LogP contribution in [0.25, 0.3) is 0 Å². The highest BCUT2D eigenvalue weighted by Gasteiger charge is 2.38. The van der Waals surface area contributed by atoms with Crippen LogP contribution in [0, 0.1) is 5.92 Å². The highest BCUT2D eigenvalue weighted by molar-refractivity contribution is 9.10. The van der Waals surface area contributed by atoms with Crippen molar-refractivity contribution in [3.63, 3.8) is 0 Å². The van der Waals surface area contributed by atoms with Gasteiger partial charge in [-0.15, -0.1) is 0 Å². The van der Waals surface area contributed by atoms with Crippen molar-refractivity contribution in [1.29, 1.82) is 0 Å². The van der Waals surface area contributed by atoms with Gasteiger partial charge in [0, 0.05) is 17.2 Å². The second-order valence-electron chi connectivity index (χ2n) is 4.39. The first-order valence-electron chi connectivity index (χ1n) is 4.89. The number of fused-ring (bicyclic) bond motifs is 2. The summed E-state index contributed by atoms with van der Waals surface area (Å²) in [5.74, 6) is 1.16. The summed E-state index contributed by atoms with van der Waals surface area (Å²) in [6.07, 6.45) is 7.98. The summed E-state index contributed by atoms with van der Waals surface area (Å²) in [6.45, 7) is 0. The predicted molar refractivity (Wildman–Crippen MR) is 52.5 cm³/mol. The lowest BCUT2D eigenvalue weighted by Crippen LogP contribution is -2.32. The first kappa shape index (κ1) is 8.74. The molecule has 0 aromatic heterocycles. The molecule has 0 N–H and O–H groups in total. The molecule has 0 radical (unpaired) electrons. The molecule has 2 bridgehead atoms. The van der Waals surface area contributed by atoms with E-state index < -0.39 is 0 Å². The van der Waals surface area contributed by atoms with Crippen LogP contribution in [0.15, 0.2) is 0 Å². The number of hydrogen-bond donors (Lipinski definition) is 0. The van der Waals surface area contributed by atoms with Crippen molar-refractivity contribution < 1.29 is 4.79 Å². The maximum Gasteiger partial charge on any atom is 0.134 e. The molecule has 0 saturated heterocycles. The van der Waals surface area contributed by atoms with Gasteiger partial charge in [0.2, 0.25) is 0 Å². The molecule has 2 rings (SSSR count). The summed E-state index contributed by atoms with van der Waals surface area (Å²) < 4.78 is 0.198. The van der Waals surface area contributed by atoms with Gasteiger partial charge in [-0.1, -0.05) is 28.8 Å². The van der Waals surface area contributed by atoms with Crippen LogP contribution in [-0.4, -0.2) is 10.1 Å². The number of carbonyl (C=O) groups excluding carboxylic acids is 1. The summed E-state index contributed by atoms with van der Waals surface area (Å²) in [5.41, 5.74) is 0. The van der Waals surface area contributed by atoms with Crippen molar-refractivity contribution in [1.82, 2.24) is 0 Å². The van der Waals surface area contributed by atoms with Crippen molar-refractivity contribution >= 4 is 21.7 Å². The molecule has 68 valence electrons. The van der Waals surface area contributed by atoms with Gasteiger partial charge < -0.3 is 0 Å². The van der Waals surface area contributed by atoms with E-state index in [1.807, 2.05) is 0 Å². The van der Waals surface area contributed by atoms with Gasteiger partial charge in [0.15, 0.2) is 0 Å². The van der Waals surface area contributed by atoms with Crippen LogP contribution in [0.1, 0.15) is 44.9 Å². The van der Waals surface area contributed by atoms with E-state index in [-0.39, 0.29) is 4.32 Å². The Morgan fingerprint density at radius 1 is 1.42 bits per heavy atom. The lowest BCUT2D eigenvalue weighted by atomic mass is 9.80. The molecule has 0 unspecified atom stereocenters. The van der Waals surface area contributed by atoms with E-state index in [2.05, 4.69) is 15.9 Å². The van der Waals surface area contributed by atoms with E-state index >= 15 is 0 Å². The third-order valence-corrected chi connectivity index (χ3v) is 4.17. The van der Waals surface area contributed by atoms with Crippen LogP contribution in [0.4, 0.5) is 0 Å². The van der Waals surface area contributed by atoms with Gasteiger partial charge in [0.05, 0.1) is 0 Å². The normalized spacial score (nSPS) is 42.4. The van der Waals surface area contributed by atoms with Crippen molar-refractivity contribution in [3.05, 3.63) is 0 Å². The largest absolute Gasteiger partial charge is 0.300 e. The number of halogens is 1. The topological polar surface area (TPSA) is 17.1 Å². The van der Waals surface area contributed by atoms with Gasteiger partial charge >= 0.3 is 0 Å². The number of alkyl halides is 1. The molecule has 2 aliphatic carbocycles. The molecule has 0 aromatic carbocycles. The molecular formula is C10H15BrO. The zero-order valence-corrected chi connectivity index (χ0v) is 8.90. The highest BCUT2D eigenvalue weighted by atomic mass is 79.9. The lowest BCUT2D eigenvalue weighted by molar-refractivity contribution is -0.122. The van der Waals surface area contributed by atoms with Gasteiger partial charge in [-0.3, -0.25) is 4.79 Å². The Morgan fingerprint density at radius 3 is 3.08 bits per heavy atom. The molecule has 0 aliphatic heterocycles. The number of rotatable bonds is 0. The van der Waals surface area contributed by atoms with Gasteiger partial charge in [-0.05, 0) is 25.2 Å². The summed E-state index contributed by atoms with van der Waals surface area (Å²) in [7, 11) is 0. The number of ketones is 1. The smallest absolute Gasteiger partial charge is 0.134 e. The van der Waals surface area contributed by atoms with Crippen molar-refractivity contribution in [2.45, 2.75) is 49.3 Å². The van der Waals surface area contributed by atoms with E-state index in [4.69, 9.17) is 0 Å². The molecule has 0 heterocycles. The van der Waals surface area contributed by atoms with Crippen molar-refractivity contribution in [2.24, 2.45) is 5.92 Å². The van der Waals surface area contributed by atoms with Gasteiger partial charge in [0.1, 0.15) is 5.78 Å². The van der Waals surface area contributed by atoms with E-state index in [9.17, 15) is 4.79 Å². The SMILES string of the molecule is O=C1C[C@@H]2CCCC[C@@](Br)(C1)C2. The summed E-state index contributed by atoms with van der Waals surface area (Å²) in [6, 6.07) is 0. The Labute approximate surface area is 82.0 Å². The third-order valence-electron chi connectivity index (χ3n) is 3.17. The molecule has 0 aromatic rings. The van der Waals surface area contributed by atoms with Crippen LogP contribution in [0.5, 0.6) is 0 Å². The predicted octanol–water partition coefficient (Wildman–Crippen LogP) is 3.06. The Hall–Kier alpha value is 0.150. The Balaban J connectivity index is 2.15. The fourth-order valence-corrected chi connectivity index (χ4v) is 3.73. The molecule has 2 fully saturated rings. The van der Waals surface area contributed by atoms with Crippen LogP contribution in [0.2, 0.25) is 0 Å². The quantitative estimate of drug-likeness (QED) is 0.585. The van der Waals surface area contributed by atoms with E-state index in [1.54, 1.807) is 0 Å². The minimum absolute atomic E-state index is 0.198. The van der Waals surface area contributed by atoms with E-state index in [0.717, 1.165) is 12.8 Å². The van der Waals surface area contributed by atoms with Crippen LogP contribution in [-0.2, 0) is 4.79 Å². The average molecular weight is 231 g/mol. The Bertz CT molecular complexity index is 202. The van der Waals surface area contributed by atoms with Crippen LogP contribution in [0.3, 0.4) is 0 Å². The molecular weight excluding hydrogens is 216 g/mol. The maximum atomic E-state index is 11.4. The number of Topliss-reactive ketones (excluding diaryl/α,β-unsaturated/α-hetero) is 1. The fourth-order valence-electron chi connectivity index (χ4n) is 2.68. The standard InChI is InChI=1S/C10H15BrO/c11-10-4-2-1-3-8(6-10)5-9(12)7-10/h8H,1-7H2/t8-,10-/m0/s1. The minimum atomic E-state index is 0.198. The van der Waals surface area contributed by atoms with Gasteiger partial charge in [0.25, 0.3) is 0 Å². The Kier molecular flexibility index (Phi) is 2.28. The first-order valence-corrected chi connectivity index (χ1v) is 5.68. The highest BCUT2D eigenvalue weighted by Crippen LogP contribution is 2.45. The monoisotopic (exact) mass is 230 g/mol. The molecule has 1 nitrogen and oxygen atoms in total. The van der Waals surface area contributed by atoms with Gasteiger partial charge in [-0.25, -0.2) is 0 Å². The third kappa shape index (κ3) is 1.73. The van der Waals surface area contributed by atoms with Crippen LogP contribution >= 0.6 is 15.9 Å². The minimum Gasteiger partial charge on any atom is -0.300 e. The second kappa shape index (κ2) is 3.13. The van der Waals surface area contributed by atoms with Crippen molar-refractivity contribution in [2.75, 3.05) is 0 Å². The average Bonchev–Trinajstić information content (AvgIpc) is 2.07. The maximum absolute atomic E-state index is 11.4. The van der Waals surface area contributed by atoms with Crippen molar-refractivity contribution in [3.8, 4) is 0 Å². The zero-order chi connectivity index (χ0) is 8.60. The summed E-state index contributed by atoms with van der Waals surface area (Å²) in [5, 5.41) is 0. The molecule has 2 heteroatoms. The molecule has 12 heavy (non-hydrogen) atoms. The first-order chi connectivity index (χ1) is 5.68. The van der Waals surface area contributed by atoms with Gasteiger partial charge in [-0.2, -0.15) is 0 Å². The van der Waals surface area contributed by atoms with E-state index in [0.29, 0.717) is 11.7 Å². The number of hydrogen-bond acceptors (Lipinski definition) is 1. The molecule has 2 saturated carbocycles. The zero-order valence-electron chi connectivity index (χ0n) is 7.31. The number of carbonyl (C=O) groups is 1. The van der Waals surface area contributed by atoms with Crippen LogP contribution < -0.4 is 0 Å². The molecule has 2 atom stereocenters. The Morgan fingerprint density at radius 2 is 2.25 bits per heavy atom.